The van der Waals surface area contributed by atoms with Crippen LogP contribution in [0.25, 0.3) is 5.69 Å². The third-order valence-electron chi connectivity index (χ3n) is 6.68. The predicted octanol–water partition coefficient (Wildman–Crippen LogP) is 6.12. The summed E-state index contributed by atoms with van der Waals surface area (Å²) in [6.07, 6.45) is -4.32. The summed E-state index contributed by atoms with van der Waals surface area (Å²) in [5.41, 5.74) is 0.936. The van der Waals surface area contributed by atoms with Crippen molar-refractivity contribution >= 4 is 29.3 Å². The molecule has 2 amide bonds. The topological polar surface area (TPSA) is 88.5 Å². The Morgan fingerprint density at radius 1 is 1.07 bits per heavy atom. The minimum Gasteiger partial charge on any atom is -0.497 e. The van der Waals surface area contributed by atoms with Crippen molar-refractivity contribution < 1.29 is 22.7 Å². The predicted molar refractivity (Wildman–Crippen MR) is 150 cm³/mol. The lowest BCUT2D eigenvalue weighted by atomic mass is 10.1. The molecule has 212 valence electrons. The normalized spacial score (nSPS) is 13.0. The molecule has 0 saturated heterocycles. The largest absolute Gasteiger partial charge is 0.497 e. The summed E-state index contributed by atoms with van der Waals surface area (Å²) in [4.78, 5) is 33.0. The smallest absolute Gasteiger partial charge is 0.416 e. The number of anilines is 2. The Morgan fingerprint density at radius 3 is 2.49 bits per heavy atom. The molecule has 0 spiro atoms. The fourth-order valence-electron chi connectivity index (χ4n) is 4.50. The molecular weight excluding hydrogens is 559 g/mol. The minimum absolute atomic E-state index is 0.0376. The van der Waals surface area contributed by atoms with E-state index in [1.54, 1.807) is 31.4 Å². The van der Waals surface area contributed by atoms with Gasteiger partial charge in [0.15, 0.2) is 0 Å². The third kappa shape index (κ3) is 6.14. The number of para-hydroxylation sites is 1. The van der Waals surface area contributed by atoms with Crippen molar-refractivity contribution in [3.8, 4) is 11.4 Å². The average molecular weight is 584 g/mol. The van der Waals surface area contributed by atoms with Gasteiger partial charge in [-0.15, -0.1) is 0 Å². The highest BCUT2D eigenvalue weighted by Crippen LogP contribution is 2.34. The second kappa shape index (κ2) is 11.5. The number of nitrogens with zero attached hydrogens (tertiary/aromatic N) is 3. The number of rotatable bonds is 6. The van der Waals surface area contributed by atoms with Crippen LogP contribution < -0.4 is 20.9 Å². The Bertz CT molecular complexity index is 1630. The number of hydrogen-bond donors (Lipinski definition) is 2. The Labute approximate surface area is 238 Å². The first-order chi connectivity index (χ1) is 19.6. The standard InChI is InChI=1S/C29H25ClF3N5O3/c1-41-21-10-7-18(8-11-21)16-34-27-35-24-13-14-37(17-22(24)26(39)38(27)20-5-3-2-4-6-20)28(40)36-25-15-19(29(31,32)33)9-12-23(25)30/h2-12,15H,13-14,16-17H2,1H3,(H,34,35)(H,36,40). The number of carbonyl (C=O) groups is 1. The van der Waals surface area contributed by atoms with Crippen molar-refractivity contribution in [2.45, 2.75) is 25.7 Å². The van der Waals surface area contributed by atoms with Crippen LogP contribution in [0.1, 0.15) is 22.4 Å². The number of urea groups is 1. The number of methoxy groups -OCH3 is 1. The van der Waals surface area contributed by atoms with Crippen LogP contribution in [0.2, 0.25) is 5.02 Å². The molecule has 12 heteroatoms. The van der Waals surface area contributed by atoms with Gasteiger partial charge in [0.2, 0.25) is 5.95 Å². The van der Waals surface area contributed by atoms with E-state index in [-0.39, 0.29) is 35.8 Å². The number of ether oxygens (including phenoxy) is 1. The first kappa shape index (κ1) is 28.0. The first-order valence-corrected chi connectivity index (χ1v) is 13.0. The van der Waals surface area contributed by atoms with Crippen molar-refractivity contribution in [2.75, 3.05) is 24.3 Å². The zero-order valence-electron chi connectivity index (χ0n) is 21.8. The molecule has 0 fully saturated rings. The molecule has 4 aromatic rings. The lowest BCUT2D eigenvalue weighted by Crippen LogP contribution is -2.43. The van der Waals surface area contributed by atoms with Crippen LogP contribution in [0, 0.1) is 0 Å². The van der Waals surface area contributed by atoms with E-state index >= 15 is 0 Å². The Kier molecular flexibility index (Phi) is 7.89. The zero-order valence-corrected chi connectivity index (χ0v) is 22.6. The van der Waals surface area contributed by atoms with E-state index in [9.17, 15) is 22.8 Å². The van der Waals surface area contributed by atoms with Gasteiger partial charge < -0.3 is 20.3 Å². The van der Waals surface area contributed by atoms with E-state index in [0.29, 0.717) is 29.4 Å². The maximum atomic E-state index is 13.8. The lowest BCUT2D eigenvalue weighted by Gasteiger charge is -2.29. The van der Waals surface area contributed by atoms with Crippen LogP contribution >= 0.6 is 11.6 Å². The molecule has 0 atom stereocenters. The highest BCUT2D eigenvalue weighted by Gasteiger charge is 2.32. The van der Waals surface area contributed by atoms with E-state index in [4.69, 9.17) is 21.3 Å². The van der Waals surface area contributed by atoms with Crippen LogP contribution in [-0.2, 0) is 25.7 Å². The van der Waals surface area contributed by atoms with Gasteiger partial charge in [-0.25, -0.2) is 14.3 Å². The fourth-order valence-corrected chi connectivity index (χ4v) is 4.67. The quantitative estimate of drug-likeness (QED) is 0.286. The van der Waals surface area contributed by atoms with Gasteiger partial charge in [-0.3, -0.25) is 4.79 Å². The van der Waals surface area contributed by atoms with E-state index in [0.717, 1.165) is 29.5 Å². The Hall–Kier alpha value is -4.51. The number of hydrogen-bond acceptors (Lipinski definition) is 5. The van der Waals surface area contributed by atoms with Gasteiger partial charge in [0.05, 0.1) is 46.9 Å². The molecule has 41 heavy (non-hydrogen) atoms. The molecule has 1 aromatic heterocycles. The van der Waals surface area contributed by atoms with Crippen molar-refractivity contribution in [3.05, 3.63) is 111 Å². The van der Waals surface area contributed by atoms with Crippen LogP contribution in [-0.4, -0.2) is 34.1 Å². The number of aromatic nitrogens is 2. The molecule has 0 unspecified atom stereocenters. The molecule has 0 aliphatic carbocycles. The lowest BCUT2D eigenvalue weighted by molar-refractivity contribution is -0.137. The highest BCUT2D eigenvalue weighted by molar-refractivity contribution is 6.33. The molecule has 5 rings (SSSR count). The highest BCUT2D eigenvalue weighted by atomic mass is 35.5. The number of fused-ring (bicyclic) bond motifs is 1. The van der Waals surface area contributed by atoms with Gasteiger partial charge in [0.1, 0.15) is 5.75 Å². The molecular formula is C29H25ClF3N5O3. The average Bonchev–Trinajstić information content (AvgIpc) is 2.97. The van der Waals surface area contributed by atoms with Crippen LogP contribution in [0.5, 0.6) is 5.75 Å². The monoisotopic (exact) mass is 583 g/mol. The number of carbonyl (C=O) groups excluding carboxylic acids is 1. The van der Waals surface area contributed by atoms with Crippen LogP contribution in [0.15, 0.2) is 77.6 Å². The summed E-state index contributed by atoms with van der Waals surface area (Å²) in [6, 6.07) is 18.5. The SMILES string of the molecule is COc1ccc(CNc2nc3c(c(=O)n2-c2ccccc2)CN(C(=O)Nc2cc(C(F)(F)F)ccc2Cl)CC3)cc1. The summed E-state index contributed by atoms with van der Waals surface area (Å²) in [5.74, 6) is 1.08. The second-order valence-electron chi connectivity index (χ2n) is 9.33. The summed E-state index contributed by atoms with van der Waals surface area (Å²) < 4.78 is 46.2. The summed E-state index contributed by atoms with van der Waals surface area (Å²) in [5, 5.41) is 5.67. The number of nitrogens with one attached hydrogen (secondary N) is 2. The first-order valence-electron chi connectivity index (χ1n) is 12.6. The molecule has 0 radical (unpaired) electrons. The molecule has 1 aliphatic heterocycles. The van der Waals surface area contributed by atoms with Gasteiger partial charge in [-0.2, -0.15) is 13.2 Å². The van der Waals surface area contributed by atoms with Gasteiger partial charge >= 0.3 is 12.2 Å². The third-order valence-corrected chi connectivity index (χ3v) is 7.01. The van der Waals surface area contributed by atoms with E-state index in [1.807, 2.05) is 30.3 Å². The number of benzene rings is 3. The van der Waals surface area contributed by atoms with Crippen molar-refractivity contribution in [2.24, 2.45) is 0 Å². The van der Waals surface area contributed by atoms with E-state index in [1.165, 1.54) is 9.47 Å². The Balaban J connectivity index is 1.42. The van der Waals surface area contributed by atoms with Crippen molar-refractivity contribution in [3.63, 3.8) is 0 Å². The molecule has 0 bridgehead atoms. The van der Waals surface area contributed by atoms with E-state index in [2.05, 4.69) is 10.6 Å². The molecule has 2 N–H and O–H groups in total. The van der Waals surface area contributed by atoms with Crippen LogP contribution in [0.4, 0.5) is 29.6 Å². The van der Waals surface area contributed by atoms with E-state index < -0.39 is 17.8 Å². The number of alkyl halides is 3. The zero-order chi connectivity index (χ0) is 29.1. The maximum Gasteiger partial charge on any atom is 0.416 e. The van der Waals surface area contributed by atoms with Crippen molar-refractivity contribution in [1.29, 1.82) is 0 Å². The Morgan fingerprint density at radius 2 is 1.80 bits per heavy atom. The molecule has 8 nitrogen and oxygen atoms in total. The molecule has 1 aliphatic rings. The number of amides is 2. The molecule has 3 aromatic carbocycles. The minimum atomic E-state index is -4.60. The summed E-state index contributed by atoms with van der Waals surface area (Å²) in [7, 11) is 1.59. The number of halogens is 4. The van der Waals surface area contributed by atoms with Gasteiger partial charge in [0.25, 0.3) is 5.56 Å². The summed E-state index contributed by atoms with van der Waals surface area (Å²) >= 11 is 6.05. The van der Waals surface area contributed by atoms with Gasteiger partial charge in [-0.1, -0.05) is 41.9 Å². The summed E-state index contributed by atoms with van der Waals surface area (Å²) in [6.45, 7) is 0.526. The molecule has 0 saturated carbocycles. The fraction of sp³-hybridized carbons (Fsp3) is 0.207. The molecule has 2 heterocycles. The van der Waals surface area contributed by atoms with Gasteiger partial charge in [-0.05, 0) is 48.0 Å². The maximum absolute atomic E-state index is 13.8. The second-order valence-corrected chi connectivity index (χ2v) is 9.74. The van der Waals surface area contributed by atoms with Gasteiger partial charge in [0, 0.05) is 19.5 Å². The van der Waals surface area contributed by atoms with Crippen molar-refractivity contribution in [1.82, 2.24) is 14.5 Å². The van der Waals surface area contributed by atoms with Crippen LogP contribution in [0.3, 0.4) is 0 Å².